The number of hydrogen-bond acceptors (Lipinski definition) is 5. The SMILES string of the molecule is NCc1cccc(OCCSc2nnc3ccccn23)c1. The van der Waals surface area contributed by atoms with Crippen LogP contribution in [0.4, 0.5) is 0 Å². The summed E-state index contributed by atoms with van der Waals surface area (Å²) >= 11 is 1.63. The Morgan fingerprint density at radius 2 is 2.10 bits per heavy atom. The minimum Gasteiger partial charge on any atom is -0.493 e. The number of nitrogens with zero attached hydrogens (tertiary/aromatic N) is 3. The van der Waals surface area contributed by atoms with Crippen molar-refractivity contribution in [2.75, 3.05) is 12.4 Å². The van der Waals surface area contributed by atoms with E-state index in [-0.39, 0.29) is 0 Å². The highest BCUT2D eigenvalue weighted by molar-refractivity contribution is 7.99. The molecule has 2 heterocycles. The Hall–Kier alpha value is -2.05. The molecule has 108 valence electrons. The summed E-state index contributed by atoms with van der Waals surface area (Å²) in [6.07, 6.45) is 1.96. The van der Waals surface area contributed by atoms with E-state index in [1.165, 1.54) is 0 Å². The molecule has 1 aromatic carbocycles. The molecule has 6 heteroatoms. The fraction of sp³-hybridized carbons (Fsp3) is 0.200. The van der Waals surface area contributed by atoms with Crippen LogP contribution in [0.5, 0.6) is 5.75 Å². The predicted octanol–water partition coefficient (Wildman–Crippen LogP) is 2.36. The summed E-state index contributed by atoms with van der Waals surface area (Å²) in [5, 5.41) is 9.17. The summed E-state index contributed by atoms with van der Waals surface area (Å²) in [5.41, 5.74) is 7.54. The first-order valence-electron chi connectivity index (χ1n) is 6.71. The van der Waals surface area contributed by atoms with Crippen molar-refractivity contribution in [3.8, 4) is 5.75 Å². The number of fused-ring (bicyclic) bond motifs is 1. The van der Waals surface area contributed by atoms with Crippen molar-refractivity contribution in [1.82, 2.24) is 14.6 Å². The summed E-state index contributed by atoms with van der Waals surface area (Å²) in [5.74, 6) is 1.66. The third-order valence-corrected chi connectivity index (χ3v) is 3.91. The third-order valence-electron chi connectivity index (χ3n) is 3.00. The van der Waals surface area contributed by atoms with Crippen molar-refractivity contribution < 1.29 is 4.74 Å². The molecule has 5 nitrogen and oxygen atoms in total. The number of rotatable bonds is 6. The summed E-state index contributed by atoms with van der Waals surface area (Å²) in [6, 6.07) is 13.7. The minimum atomic E-state index is 0.525. The van der Waals surface area contributed by atoms with Gasteiger partial charge in [0.05, 0.1) is 6.61 Å². The molecule has 0 saturated carbocycles. The molecular weight excluding hydrogens is 284 g/mol. The molecular formula is C15H16N4OS. The fourth-order valence-corrected chi connectivity index (χ4v) is 2.71. The number of thioether (sulfide) groups is 1. The maximum atomic E-state index is 5.73. The van der Waals surface area contributed by atoms with Gasteiger partial charge in [0.25, 0.3) is 0 Å². The molecule has 0 saturated heterocycles. The van der Waals surface area contributed by atoms with Crippen LogP contribution in [0.25, 0.3) is 5.65 Å². The predicted molar refractivity (Wildman–Crippen MR) is 83.5 cm³/mol. The van der Waals surface area contributed by atoms with Crippen LogP contribution in [0, 0.1) is 0 Å². The molecule has 3 rings (SSSR count). The molecule has 0 aliphatic heterocycles. The Morgan fingerprint density at radius 1 is 1.14 bits per heavy atom. The van der Waals surface area contributed by atoms with Crippen LogP contribution in [-0.2, 0) is 6.54 Å². The van der Waals surface area contributed by atoms with Crippen LogP contribution in [0.15, 0.2) is 53.8 Å². The Balaban J connectivity index is 1.54. The lowest BCUT2D eigenvalue weighted by molar-refractivity contribution is 0.343. The highest BCUT2D eigenvalue weighted by Gasteiger charge is 2.04. The first kappa shape index (κ1) is 13.9. The largest absolute Gasteiger partial charge is 0.493 e. The van der Waals surface area contributed by atoms with Crippen LogP contribution in [0.1, 0.15) is 5.56 Å². The Morgan fingerprint density at radius 3 is 3.00 bits per heavy atom. The lowest BCUT2D eigenvalue weighted by Gasteiger charge is -2.06. The number of nitrogens with two attached hydrogens (primary N) is 1. The second-order valence-electron chi connectivity index (χ2n) is 4.46. The van der Waals surface area contributed by atoms with Gasteiger partial charge < -0.3 is 10.5 Å². The molecule has 0 bridgehead atoms. The van der Waals surface area contributed by atoms with Crippen LogP contribution >= 0.6 is 11.8 Å². The first-order chi connectivity index (χ1) is 10.4. The molecule has 2 aromatic heterocycles. The molecule has 21 heavy (non-hydrogen) atoms. The standard InChI is InChI=1S/C15H16N4OS/c16-11-12-4-3-5-13(10-12)20-8-9-21-15-18-17-14-6-1-2-7-19(14)15/h1-7,10H,8-9,11,16H2. The molecule has 2 N–H and O–H groups in total. The number of aromatic nitrogens is 3. The van der Waals surface area contributed by atoms with Gasteiger partial charge in [0.1, 0.15) is 5.75 Å². The topological polar surface area (TPSA) is 65.4 Å². The zero-order chi connectivity index (χ0) is 14.5. The van der Waals surface area contributed by atoms with Gasteiger partial charge >= 0.3 is 0 Å². The molecule has 0 aliphatic rings. The minimum absolute atomic E-state index is 0.525. The second kappa shape index (κ2) is 6.60. The number of hydrogen-bond donors (Lipinski definition) is 1. The monoisotopic (exact) mass is 300 g/mol. The normalized spacial score (nSPS) is 10.9. The Bertz CT molecular complexity index is 728. The van der Waals surface area contributed by atoms with Crippen molar-refractivity contribution in [3.05, 3.63) is 54.2 Å². The van der Waals surface area contributed by atoms with Crippen molar-refractivity contribution >= 4 is 17.4 Å². The maximum absolute atomic E-state index is 5.73. The fourth-order valence-electron chi connectivity index (χ4n) is 1.97. The number of pyridine rings is 1. The molecule has 0 aliphatic carbocycles. The van der Waals surface area contributed by atoms with Gasteiger partial charge in [0.15, 0.2) is 10.8 Å². The van der Waals surface area contributed by atoms with Crippen LogP contribution in [0.2, 0.25) is 0 Å². The molecule has 0 spiro atoms. The van der Waals surface area contributed by atoms with E-state index in [1.54, 1.807) is 11.8 Å². The third kappa shape index (κ3) is 3.34. The summed E-state index contributed by atoms with van der Waals surface area (Å²) < 4.78 is 7.70. The van der Waals surface area contributed by atoms with Crippen molar-refractivity contribution in [3.63, 3.8) is 0 Å². The van der Waals surface area contributed by atoms with Crippen LogP contribution in [0.3, 0.4) is 0 Å². The number of benzene rings is 1. The van der Waals surface area contributed by atoms with Gasteiger partial charge in [-0.3, -0.25) is 4.40 Å². The van der Waals surface area contributed by atoms with E-state index in [0.717, 1.165) is 27.9 Å². The molecule has 0 amide bonds. The molecule has 3 aromatic rings. The van der Waals surface area contributed by atoms with Gasteiger partial charge in [-0.25, -0.2) is 0 Å². The van der Waals surface area contributed by atoms with Gasteiger partial charge in [-0.15, -0.1) is 10.2 Å². The van der Waals surface area contributed by atoms with Crippen molar-refractivity contribution in [2.24, 2.45) is 5.73 Å². The average molecular weight is 300 g/mol. The second-order valence-corrected chi connectivity index (χ2v) is 5.52. The highest BCUT2D eigenvalue weighted by Crippen LogP contribution is 2.17. The molecule has 0 radical (unpaired) electrons. The Kier molecular flexibility index (Phi) is 4.37. The maximum Gasteiger partial charge on any atom is 0.195 e. The van der Waals surface area contributed by atoms with E-state index < -0.39 is 0 Å². The summed E-state index contributed by atoms with van der Waals surface area (Å²) in [4.78, 5) is 0. The zero-order valence-electron chi connectivity index (χ0n) is 11.5. The van der Waals surface area contributed by atoms with E-state index in [2.05, 4.69) is 10.2 Å². The lowest BCUT2D eigenvalue weighted by atomic mass is 10.2. The van der Waals surface area contributed by atoms with Crippen LogP contribution in [-0.4, -0.2) is 27.0 Å². The lowest BCUT2D eigenvalue weighted by Crippen LogP contribution is -2.02. The van der Waals surface area contributed by atoms with Crippen molar-refractivity contribution in [2.45, 2.75) is 11.7 Å². The smallest absolute Gasteiger partial charge is 0.195 e. The van der Waals surface area contributed by atoms with Gasteiger partial charge in [-0.05, 0) is 29.8 Å². The zero-order valence-corrected chi connectivity index (χ0v) is 12.3. The van der Waals surface area contributed by atoms with E-state index in [1.807, 2.05) is 53.1 Å². The van der Waals surface area contributed by atoms with Gasteiger partial charge in [-0.2, -0.15) is 0 Å². The quantitative estimate of drug-likeness (QED) is 0.559. The van der Waals surface area contributed by atoms with E-state index in [4.69, 9.17) is 10.5 Å². The van der Waals surface area contributed by atoms with Crippen molar-refractivity contribution in [1.29, 1.82) is 0 Å². The van der Waals surface area contributed by atoms with Gasteiger partial charge in [0.2, 0.25) is 0 Å². The van der Waals surface area contributed by atoms with Crippen LogP contribution < -0.4 is 10.5 Å². The highest BCUT2D eigenvalue weighted by atomic mass is 32.2. The molecule has 0 atom stereocenters. The summed E-state index contributed by atoms with van der Waals surface area (Å²) in [6.45, 7) is 1.14. The van der Waals surface area contributed by atoms with Gasteiger partial charge in [0, 0.05) is 18.5 Å². The van der Waals surface area contributed by atoms with E-state index >= 15 is 0 Å². The van der Waals surface area contributed by atoms with E-state index in [0.29, 0.717) is 13.2 Å². The molecule has 0 unspecified atom stereocenters. The summed E-state index contributed by atoms with van der Waals surface area (Å²) in [7, 11) is 0. The average Bonchev–Trinajstić information content (AvgIpc) is 2.95. The van der Waals surface area contributed by atoms with Gasteiger partial charge in [-0.1, -0.05) is 30.0 Å². The number of ether oxygens (including phenoxy) is 1. The first-order valence-corrected chi connectivity index (χ1v) is 7.70. The van der Waals surface area contributed by atoms with E-state index in [9.17, 15) is 0 Å². The molecule has 0 fully saturated rings. The Labute approximate surface area is 127 Å².